The number of hydrogen-bond acceptors (Lipinski definition) is 13. The second kappa shape index (κ2) is 20.0. The van der Waals surface area contributed by atoms with E-state index in [4.69, 9.17) is 33.2 Å². The van der Waals surface area contributed by atoms with Gasteiger partial charge in [0.15, 0.2) is 0 Å². The van der Waals surface area contributed by atoms with Crippen LogP contribution >= 0.6 is 0 Å². The molecule has 3 rings (SSSR count). The maximum Gasteiger partial charge on any atom is 0.308 e. The van der Waals surface area contributed by atoms with Crippen molar-refractivity contribution in [3.63, 3.8) is 0 Å². The minimum Gasteiger partial charge on any atom is -0.460 e. The number of nitrogens with one attached hydrogen (secondary N) is 2. The largest absolute Gasteiger partial charge is 0.460 e. The fourth-order valence-electron chi connectivity index (χ4n) is 4.67. The standard InChI is InChI=1S/C32H47N3O12/c1-32(2,3)47-27(37)9-11-41-13-15-43-17-19-45-21-22-46-20-18-44-16-14-42-12-10-33-24-6-4-5-23-28(24)31(40)35(30(23)39)25-7-8-26(36)34-29(25)38/h4-6,25,33H,7-22H2,1-3H3,(H,34,36,38). The lowest BCUT2D eigenvalue weighted by molar-refractivity contribution is -0.156. The number of benzene rings is 1. The summed E-state index contributed by atoms with van der Waals surface area (Å²) in [6.45, 7) is 10.6. The molecule has 1 aromatic carbocycles. The van der Waals surface area contributed by atoms with E-state index < -0.39 is 35.3 Å². The Morgan fingerprint density at radius 1 is 0.787 bits per heavy atom. The van der Waals surface area contributed by atoms with Crippen molar-refractivity contribution in [1.82, 2.24) is 10.2 Å². The van der Waals surface area contributed by atoms with Crippen LogP contribution in [0.15, 0.2) is 18.2 Å². The molecular formula is C32H47N3O12. The minimum absolute atomic E-state index is 0.0648. The molecule has 1 atom stereocenters. The number of carbonyl (C=O) groups excluding carboxylic acids is 5. The summed E-state index contributed by atoms with van der Waals surface area (Å²) in [6.07, 6.45) is 0.378. The highest BCUT2D eigenvalue weighted by Crippen LogP contribution is 2.32. The average Bonchev–Trinajstić information content (AvgIpc) is 3.26. The minimum atomic E-state index is -1.01. The normalized spacial score (nSPS) is 16.4. The maximum absolute atomic E-state index is 13.1. The van der Waals surface area contributed by atoms with Crippen LogP contribution in [0.3, 0.4) is 0 Å². The summed E-state index contributed by atoms with van der Waals surface area (Å²) >= 11 is 0. The van der Waals surface area contributed by atoms with Gasteiger partial charge in [0.2, 0.25) is 11.8 Å². The second-order valence-corrected chi connectivity index (χ2v) is 11.6. The van der Waals surface area contributed by atoms with Gasteiger partial charge in [0.25, 0.3) is 11.8 Å². The smallest absolute Gasteiger partial charge is 0.308 e. The lowest BCUT2D eigenvalue weighted by Crippen LogP contribution is -2.54. The monoisotopic (exact) mass is 665 g/mol. The van der Waals surface area contributed by atoms with E-state index in [1.54, 1.807) is 18.2 Å². The number of piperidine rings is 1. The summed E-state index contributed by atoms with van der Waals surface area (Å²) < 4.78 is 38.0. The fraction of sp³-hybridized carbons (Fsp3) is 0.656. The van der Waals surface area contributed by atoms with Crippen LogP contribution in [0.2, 0.25) is 0 Å². The van der Waals surface area contributed by atoms with Crippen LogP contribution in [-0.4, -0.2) is 132 Å². The number of ether oxygens (including phenoxy) is 7. The molecule has 1 fully saturated rings. The van der Waals surface area contributed by atoms with E-state index in [0.717, 1.165) is 4.90 Å². The molecule has 0 bridgehead atoms. The molecule has 262 valence electrons. The van der Waals surface area contributed by atoms with Crippen molar-refractivity contribution in [2.24, 2.45) is 0 Å². The third kappa shape index (κ3) is 13.3. The molecule has 1 aromatic rings. The Morgan fingerprint density at radius 2 is 1.32 bits per heavy atom. The molecule has 2 N–H and O–H groups in total. The van der Waals surface area contributed by atoms with E-state index in [2.05, 4.69) is 10.6 Å². The Balaban J connectivity index is 1.12. The van der Waals surface area contributed by atoms with Crippen LogP contribution in [0.1, 0.15) is 60.7 Å². The van der Waals surface area contributed by atoms with Gasteiger partial charge in [-0.2, -0.15) is 0 Å². The van der Waals surface area contributed by atoms with Gasteiger partial charge in [0, 0.05) is 18.7 Å². The predicted molar refractivity (Wildman–Crippen MR) is 167 cm³/mol. The highest BCUT2D eigenvalue weighted by molar-refractivity contribution is 6.25. The molecule has 1 unspecified atom stereocenters. The van der Waals surface area contributed by atoms with Crippen LogP contribution in [0.25, 0.3) is 0 Å². The predicted octanol–water partition coefficient (Wildman–Crippen LogP) is 1.33. The first-order valence-electron chi connectivity index (χ1n) is 15.8. The number of anilines is 1. The summed E-state index contributed by atoms with van der Waals surface area (Å²) in [7, 11) is 0. The molecule has 0 spiro atoms. The molecule has 0 saturated carbocycles. The molecule has 15 nitrogen and oxygen atoms in total. The van der Waals surface area contributed by atoms with Crippen LogP contribution in [0, 0.1) is 0 Å². The van der Waals surface area contributed by atoms with E-state index in [9.17, 15) is 24.0 Å². The van der Waals surface area contributed by atoms with Crippen LogP contribution < -0.4 is 10.6 Å². The first-order valence-corrected chi connectivity index (χ1v) is 15.8. The Morgan fingerprint density at radius 3 is 1.85 bits per heavy atom. The zero-order valence-electron chi connectivity index (χ0n) is 27.5. The zero-order valence-corrected chi connectivity index (χ0v) is 27.5. The Kier molecular flexibility index (Phi) is 16.2. The van der Waals surface area contributed by atoms with Gasteiger partial charge in [0.05, 0.1) is 96.8 Å². The molecular weight excluding hydrogens is 618 g/mol. The quantitative estimate of drug-likeness (QED) is 0.0973. The van der Waals surface area contributed by atoms with Gasteiger partial charge < -0.3 is 38.5 Å². The summed E-state index contributed by atoms with van der Waals surface area (Å²) in [5.41, 5.74) is 0.407. The molecule has 0 radical (unpaired) electrons. The number of imide groups is 2. The van der Waals surface area contributed by atoms with Crippen molar-refractivity contribution in [2.75, 3.05) is 91.1 Å². The molecule has 47 heavy (non-hydrogen) atoms. The third-order valence-corrected chi connectivity index (χ3v) is 6.76. The van der Waals surface area contributed by atoms with Gasteiger partial charge in [-0.15, -0.1) is 0 Å². The van der Waals surface area contributed by atoms with Gasteiger partial charge in [0.1, 0.15) is 11.6 Å². The van der Waals surface area contributed by atoms with Crippen molar-refractivity contribution in [3.8, 4) is 0 Å². The fourth-order valence-corrected chi connectivity index (χ4v) is 4.67. The van der Waals surface area contributed by atoms with Gasteiger partial charge in [-0.05, 0) is 39.3 Å². The molecule has 0 aliphatic carbocycles. The first-order chi connectivity index (χ1) is 22.6. The summed E-state index contributed by atoms with van der Waals surface area (Å²) in [5.74, 6) is -2.46. The number of esters is 1. The highest BCUT2D eigenvalue weighted by Gasteiger charge is 2.45. The second-order valence-electron chi connectivity index (χ2n) is 11.6. The van der Waals surface area contributed by atoms with E-state index in [-0.39, 0.29) is 36.4 Å². The van der Waals surface area contributed by atoms with Crippen LogP contribution in [0.5, 0.6) is 0 Å². The van der Waals surface area contributed by atoms with Gasteiger partial charge >= 0.3 is 5.97 Å². The van der Waals surface area contributed by atoms with Crippen molar-refractivity contribution in [2.45, 2.75) is 51.7 Å². The Hall–Kier alpha value is -3.47. The summed E-state index contributed by atoms with van der Waals surface area (Å²) in [6, 6.07) is 3.89. The number of fused-ring (bicyclic) bond motifs is 1. The Bertz CT molecular complexity index is 1200. The molecule has 4 amide bonds. The van der Waals surface area contributed by atoms with E-state index in [1.807, 2.05) is 20.8 Å². The number of amides is 4. The van der Waals surface area contributed by atoms with E-state index in [1.165, 1.54) is 0 Å². The molecule has 1 saturated heterocycles. The topological polar surface area (TPSA) is 177 Å². The molecule has 2 aliphatic heterocycles. The summed E-state index contributed by atoms with van der Waals surface area (Å²) in [5, 5.41) is 5.32. The number of nitrogens with zero attached hydrogens (tertiary/aromatic N) is 1. The number of hydrogen-bond donors (Lipinski definition) is 2. The van der Waals surface area contributed by atoms with Gasteiger partial charge in [-0.3, -0.25) is 34.2 Å². The number of rotatable bonds is 23. The lowest BCUT2D eigenvalue weighted by atomic mass is 10.0. The lowest BCUT2D eigenvalue weighted by Gasteiger charge is -2.27. The van der Waals surface area contributed by atoms with Crippen molar-refractivity contribution in [1.29, 1.82) is 0 Å². The molecule has 0 aromatic heterocycles. The van der Waals surface area contributed by atoms with Crippen LogP contribution in [0.4, 0.5) is 5.69 Å². The summed E-state index contributed by atoms with van der Waals surface area (Å²) in [4.78, 5) is 62.3. The van der Waals surface area contributed by atoms with Crippen molar-refractivity contribution >= 4 is 35.3 Å². The van der Waals surface area contributed by atoms with Crippen molar-refractivity contribution < 1.29 is 57.1 Å². The van der Waals surface area contributed by atoms with Crippen molar-refractivity contribution in [3.05, 3.63) is 29.3 Å². The SMILES string of the molecule is CC(C)(C)OC(=O)CCOCCOCCOCCOCCOCCOCCNc1cccc2c1C(=O)N(C1CCC(=O)NC1=O)C2=O. The first kappa shape index (κ1) is 38.0. The zero-order chi connectivity index (χ0) is 34.1. The average molecular weight is 666 g/mol. The molecule has 2 heterocycles. The molecule has 2 aliphatic rings. The van der Waals surface area contributed by atoms with Gasteiger partial charge in [-0.1, -0.05) is 6.07 Å². The third-order valence-electron chi connectivity index (χ3n) is 6.76. The van der Waals surface area contributed by atoms with Crippen LogP contribution in [-0.2, 0) is 47.5 Å². The Labute approximate surface area is 274 Å². The highest BCUT2D eigenvalue weighted by atomic mass is 16.6. The van der Waals surface area contributed by atoms with E-state index in [0.29, 0.717) is 91.5 Å². The molecule has 15 heteroatoms. The van der Waals surface area contributed by atoms with E-state index >= 15 is 0 Å². The maximum atomic E-state index is 13.1. The van der Waals surface area contributed by atoms with Gasteiger partial charge in [-0.25, -0.2) is 0 Å². The number of carbonyl (C=O) groups is 5.